The van der Waals surface area contributed by atoms with Crippen molar-refractivity contribution in [1.29, 1.82) is 0 Å². The van der Waals surface area contributed by atoms with Crippen molar-refractivity contribution in [3.05, 3.63) is 88.4 Å². The van der Waals surface area contributed by atoms with Crippen LogP contribution in [-0.4, -0.2) is 11.9 Å². The van der Waals surface area contributed by atoms with Crippen LogP contribution in [0.15, 0.2) is 72.8 Å². The number of carbonyl (C=O) groups excluding carboxylic acids is 2. The van der Waals surface area contributed by atoms with Gasteiger partial charge in [-0.25, -0.2) is 9.10 Å². The number of imide groups is 1. The SMILES string of the molecule is O=C(NC(=O)N(S)c1ccccc1Oc1ccc(Cl)c(Cl)c1)c1ccccc1. The number of nitrogens with one attached hydrogen (secondary N) is 1. The Morgan fingerprint density at radius 3 is 2.29 bits per heavy atom. The summed E-state index contributed by atoms with van der Waals surface area (Å²) in [6.07, 6.45) is 0. The van der Waals surface area contributed by atoms with E-state index in [4.69, 9.17) is 27.9 Å². The van der Waals surface area contributed by atoms with E-state index >= 15 is 0 Å². The number of thiol groups is 1. The third-order valence-electron chi connectivity index (χ3n) is 3.66. The first-order valence-electron chi connectivity index (χ1n) is 8.07. The van der Waals surface area contributed by atoms with E-state index in [1.807, 2.05) is 0 Å². The second-order valence-corrected chi connectivity index (χ2v) is 6.80. The van der Waals surface area contributed by atoms with Gasteiger partial charge >= 0.3 is 6.03 Å². The molecule has 3 amide bonds. The van der Waals surface area contributed by atoms with Crippen LogP contribution in [0, 0.1) is 0 Å². The number of nitrogens with zero attached hydrogens (tertiary/aromatic N) is 1. The van der Waals surface area contributed by atoms with Crippen molar-refractivity contribution in [3.8, 4) is 11.5 Å². The Hall–Kier alpha value is -2.67. The van der Waals surface area contributed by atoms with Gasteiger partial charge in [0.05, 0.1) is 15.7 Å². The molecule has 0 atom stereocenters. The normalized spacial score (nSPS) is 10.2. The standard InChI is InChI=1S/C20H14Cl2N2O3S/c21-15-11-10-14(12-16(15)22)27-18-9-5-4-8-17(18)24(28)20(26)23-19(25)13-6-2-1-3-7-13/h1-12,28H,(H,23,25,26). The van der Waals surface area contributed by atoms with Gasteiger partial charge in [0.2, 0.25) is 0 Å². The molecule has 3 rings (SSSR count). The Balaban J connectivity index is 1.78. The number of para-hydroxylation sites is 2. The van der Waals surface area contributed by atoms with Crippen LogP contribution < -0.4 is 14.4 Å². The molecule has 3 aromatic rings. The second-order valence-electron chi connectivity index (χ2n) is 5.58. The van der Waals surface area contributed by atoms with Gasteiger partial charge in [-0.15, -0.1) is 0 Å². The maximum atomic E-state index is 12.5. The number of hydrogen-bond acceptors (Lipinski definition) is 4. The topological polar surface area (TPSA) is 58.6 Å². The van der Waals surface area contributed by atoms with Gasteiger partial charge in [-0.1, -0.05) is 66.3 Å². The zero-order valence-electron chi connectivity index (χ0n) is 14.3. The van der Waals surface area contributed by atoms with Crippen LogP contribution in [-0.2, 0) is 0 Å². The Morgan fingerprint density at radius 2 is 1.57 bits per heavy atom. The lowest BCUT2D eigenvalue weighted by Gasteiger charge is -2.19. The number of hydrogen-bond donors (Lipinski definition) is 2. The molecule has 0 saturated carbocycles. The Labute approximate surface area is 177 Å². The number of ether oxygens (including phenoxy) is 1. The summed E-state index contributed by atoms with van der Waals surface area (Å²) in [5.74, 6) is 0.245. The highest BCUT2D eigenvalue weighted by Crippen LogP contribution is 2.35. The largest absolute Gasteiger partial charge is 0.455 e. The van der Waals surface area contributed by atoms with E-state index in [1.54, 1.807) is 72.8 Å². The number of benzene rings is 3. The van der Waals surface area contributed by atoms with Crippen LogP contribution in [0.4, 0.5) is 10.5 Å². The molecule has 5 nitrogen and oxygen atoms in total. The maximum absolute atomic E-state index is 12.5. The smallest absolute Gasteiger partial charge is 0.338 e. The van der Waals surface area contributed by atoms with Crippen LogP contribution >= 0.6 is 36.0 Å². The molecule has 0 radical (unpaired) electrons. The number of anilines is 1. The van der Waals surface area contributed by atoms with Gasteiger partial charge in [0.25, 0.3) is 5.91 Å². The van der Waals surface area contributed by atoms with E-state index in [1.165, 1.54) is 0 Å². The van der Waals surface area contributed by atoms with Gasteiger partial charge in [0.1, 0.15) is 5.75 Å². The number of halogens is 2. The lowest BCUT2D eigenvalue weighted by Crippen LogP contribution is -2.38. The average Bonchev–Trinajstić information content (AvgIpc) is 2.71. The highest BCUT2D eigenvalue weighted by molar-refractivity contribution is 7.82. The fourth-order valence-corrected chi connectivity index (χ4v) is 2.81. The number of carbonyl (C=O) groups is 2. The minimum atomic E-state index is -0.720. The van der Waals surface area contributed by atoms with Crippen molar-refractivity contribution in [1.82, 2.24) is 5.32 Å². The molecular formula is C20H14Cl2N2O3S. The lowest BCUT2D eigenvalue weighted by molar-refractivity contribution is 0.0966. The first-order valence-corrected chi connectivity index (χ1v) is 9.22. The van der Waals surface area contributed by atoms with E-state index in [2.05, 4.69) is 18.1 Å². The van der Waals surface area contributed by atoms with Gasteiger partial charge in [0.15, 0.2) is 5.75 Å². The first-order chi connectivity index (χ1) is 13.5. The summed E-state index contributed by atoms with van der Waals surface area (Å²) in [7, 11) is 0. The van der Waals surface area contributed by atoms with E-state index in [0.29, 0.717) is 32.8 Å². The van der Waals surface area contributed by atoms with Crippen molar-refractivity contribution in [2.45, 2.75) is 0 Å². The molecule has 0 unspecified atom stereocenters. The number of urea groups is 1. The summed E-state index contributed by atoms with van der Waals surface area (Å²) in [5.41, 5.74) is 0.702. The lowest BCUT2D eigenvalue weighted by atomic mass is 10.2. The molecule has 0 spiro atoms. The van der Waals surface area contributed by atoms with Crippen LogP contribution in [0.2, 0.25) is 10.0 Å². The van der Waals surface area contributed by atoms with Crippen LogP contribution in [0.5, 0.6) is 11.5 Å². The quantitative estimate of drug-likeness (QED) is 0.497. The molecule has 3 aromatic carbocycles. The molecular weight excluding hydrogens is 419 g/mol. The van der Waals surface area contributed by atoms with Crippen molar-refractivity contribution in [3.63, 3.8) is 0 Å². The highest BCUT2D eigenvalue weighted by Gasteiger charge is 2.19. The minimum absolute atomic E-state index is 0.338. The van der Waals surface area contributed by atoms with Crippen LogP contribution in [0.3, 0.4) is 0 Å². The average molecular weight is 433 g/mol. The Bertz CT molecular complexity index is 1020. The number of amides is 3. The number of rotatable bonds is 4. The Morgan fingerprint density at radius 1 is 0.893 bits per heavy atom. The fourth-order valence-electron chi connectivity index (χ4n) is 2.31. The van der Waals surface area contributed by atoms with Crippen LogP contribution in [0.25, 0.3) is 0 Å². The molecule has 142 valence electrons. The van der Waals surface area contributed by atoms with Crippen molar-refractivity contribution in [2.75, 3.05) is 4.31 Å². The van der Waals surface area contributed by atoms with Gasteiger partial charge in [0, 0.05) is 11.6 Å². The summed E-state index contributed by atoms with van der Waals surface area (Å²) in [6, 6.07) is 19.2. The molecule has 1 N–H and O–H groups in total. The molecule has 8 heteroatoms. The van der Waals surface area contributed by atoms with Gasteiger partial charge < -0.3 is 4.74 Å². The maximum Gasteiger partial charge on any atom is 0.338 e. The van der Waals surface area contributed by atoms with Gasteiger partial charge in [-0.05, 0) is 36.4 Å². The van der Waals surface area contributed by atoms with E-state index in [9.17, 15) is 9.59 Å². The molecule has 0 fully saturated rings. The van der Waals surface area contributed by atoms with Crippen molar-refractivity contribution >= 4 is 53.6 Å². The molecule has 0 bridgehead atoms. The van der Waals surface area contributed by atoms with Gasteiger partial charge in [-0.2, -0.15) is 0 Å². The monoisotopic (exact) mass is 432 g/mol. The van der Waals surface area contributed by atoms with Crippen molar-refractivity contribution in [2.24, 2.45) is 0 Å². The predicted molar refractivity (Wildman–Crippen MR) is 114 cm³/mol. The van der Waals surface area contributed by atoms with Crippen LogP contribution in [0.1, 0.15) is 10.4 Å². The first kappa shape index (κ1) is 20.1. The summed E-state index contributed by atoms with van der Waals surface area (Å²) in [6.45, 7) is 0. The summed E-state index contributed by atoms with van der Waals surface area (Å²) >= 11 is 16.1. The fraction of sp³-hybridized carbons (Fsp3) is 0. The predicted octanol–water partition coefficient (Wildman–Crippen LogP) is 5.99. The third-order valence-corrected chi connectivity index (χ3v) is 4.80. The Kier molecular flexibility index (Phi) is 6.46. The molecule has 0 heterocycles. The zero-order chi connectivity index (χ0) is 20.1. The van der Waals surface area contributed by atoms with Crippen molar-refractivity contribution < 1.29 is 14.3 Å². The van der Waals surface area contributed by atoms with E-state index in [0.717, 1.165) is 4.31 Å². The third kappa shape index (κ3) is 4.78. The van der Waals surface area contributed by atoms with Gasteiger partial charge in [-0.3, -0.25) is 10.1 Å². The molecule has 0 aliphatic heterocycles. The molecule has 0 saturated heterocycles. The molecule has 0 aliphatic rings. The summed E-state index contributed by atoms with van der Waals surface area (Å²) in [4.78, 5) is 24.6. The van der Waals surface area contributed by atoms with E-state index < -0.39 is 11.9 Å². The molecule has 0 aromatic heterocycles. The molecule has 28 heavy (non-hydrogen) atoms. The van der Waals surface area contributed by atoms with E-state index in [-0.39, 0.29) is 0 Å². The summed E-state index contributed by atoms with van der Waals surface area (Å²) < 4.78 is 6.80. The second kappa shape index (κ2) is 9.01. The molecule has 0 aliphatic carbocycles. The minimum Gasteiger partial charge on any atom is -0.455 e. The highest BCUT2D eigenvalue weighted by atomic mass is 35.5. The zero-order valence-corrected chi connectivity index (χ0v) is 16.7. The summed E-state index contributed by atoms with van der Waals surface area (Å²) in [5, 5.41) is 3.02.